The molecule has 1 aliphatic heterocycles. The lowest BCUT2D eigenvalue weighted by Crippen LogP contribution is -2.45. The molecule has 1 unspecified atom stereocenters. The van der Waals surface area contributed by atoms with E-state index in [2.05, 4.69) is 28.6 Å². The summed E-state index contributed by atoms with van der Waals surface area (Å²) in [6.45, 7) is 4.85. The first-order chi connectivity index (χ1) is 9.72. The third-order valence-electron chi connectivity index (χ3n) is 4.28. The van der Waals surface area contributed by atoms with E-state index in [1.165, 1.54) is 32.1 Å². The van der Waals surface area contributed by atoms with Crippen molar-refractivity contribution in [3.8, 4) is 0 Å². The maximum Gasteiger partial charge on any atom is 0.191 e. The maximum absolute atomic E-state index is 5.78. The molecular weight excluding hydrogens is 250 g/mol. The zero-order chi connectivity index (χ0) is 14.3. The van der Waals surface area contributed by atoms with Crippen LogP contribution in [0.1, 0.15) is 51.9 Å². The second-order valence-corrected chi connectivity index (χ2v) is 6.11. The van der Waals surface area contributed by atoms with Crippen LogP contribution in [0.2, 0.25) is 0 Å². The molecule has 1 atom stereocenters. The Kier molecular flexibility index (Phi) is 5.89. The second kappa shape index (κ2) is 7.67. The van der Waals surface area contributed by atoms with E-state index in [9.17, 15) is 0 Å². The van der Waals surface area contributed by atoms with Crippen LogP contribution in [-0.4, -0.2) is 38.3 Å². The van der Waals surface area contributed by atoms with Gasteiger partial charge in [-0.3, -0.25) is 4.99 Å². The van der Waals surface area contributed by atoms with Crippen LogP contribution in [0.4, 0.5) is 0 Å². The van der Waals surface area contributed by atoms with Gasteiger partial charge in [-0.2, -0.15) is 0 Å². The molecular formula is C16H29N3O. The maximum atomic E-state index is 5.78. The van der Waals surface area contributed by atoms with Crippen molar-refractivity contribution in [3.63, 3.8) is 0 Å². The molecule has 1 aliphatic carbocycles. The van der Waals surface area contributed by atoms with Gasteiger partial charge in [-0.25, -0.2) is 0 Å². The Morgan fingerprint density at radius 2 is 2.25 bits per heavy atom. The zero-order valence-electron chi connectivity index (χ0n) is 13.0. The molecule has 20 heavy (non-hydrogen) atoms. The van der Waals surface area contributed by atoms with E-state index < -0.39 is 0 Å². The summed E-state index contributed by atoms with van der Waals surface area (Å²) in [5.41, 5.74) is 1.58. The van der Waals surface area contributed by atoms with Gasteiger partial charge in [0.2, 0.25) is 0 Å². The molecule has 0 amide bonds. The molecule has 2 N–H and O–H groups in total. The lowest BCUT2D eigenvalue weighted by atomic mass is 9.97. The van der Waals surface area contributed by atoms with Gasteiger partial charge in [0.15, 0.2) is 5.96 Å². The third kappa shape index (κ3) is 4.82. The number of hydrogen-bond acceptors (Lipinski definition) is 2. The molecule has 0 aromatic heterocycles. The molecule has 1 heterocycles. The molecule has 0 saturated carbocycles. The van der Waals surface area contributed by atoms with Crippen LogP contribution in [0.25, 0.3) is 0 Å². The van der Waals surface area contributed by atoms with Crippen molar-refractivity contribution in [2.75, 3.05) is 26.7 Å². The van der Waals surface area contributed by atoms with E-state index in [1.54, 1.807) is 5.57 Å². The van der Waals surface area contributed by atoms with Crippen molar-refractivity contribution in [1.29, 1.82) is 0 Å². The van der Waals surface area contributed by atoms with Crippen LogP contribution in [-0.2, 0) is 4.74 Å². The summed E-state index contributed by atoms with van der Waals surface area (Å²) >= 11 is 0. The van der Waals surface area contributed by atoms with Gasteiger partial charge in [-0.1, -0.05) is 11.6 Å². The van der Waals surface area contributed by atoms with E-state index in [0.29, 0.717) is 0 Å². The third-order valence-corrected chi connectivity index (χ3v) is 4.28. The molecule has 4 nitrogen and oxygen atoms in total. The van der Waals surface area contributed by atoms with Gasteiger partial charge in [0.05, 0.1) is 5.60 Å². The Bertz CT molecular complexity index is 357. The first kappa shape index (κ1) is 15.4. The van der Waals surface area contributed by atoms with Crippen LogP contribution in [0.3, 0.4) is 0 Å². The molecule has 1 fully saturated rings. The second-order valence-electron chi connectivity index (χ2n) is 6.11. The fraction of sp³-hybridized carbons (Fsp3) is 0.812. The van der Waals surface area contributed by atoms with Gasteiger partial charge in [-0.05, 0) is 51.9 Å². The normalized spacial score (nSPS) is 27.3. The number of allylic oxidation sites excluding steroid dienone is 1. The molecule has 2 aliphatic rings. The molecule has 1 saturated heterocycles. The minimum Gasteiger partial charge on any atom is -0.373 e. The predicted octanol–water partition coefficient (Wildman–Crippen LogP) is 2.61. The molecule has 114 valence electrons. The molecule has 0 spiro atoms. The highest BCUT2D eigenvalue weighted by atomic mass is 16.5. The number of ether oxygens (including phenoxy) is 1. The van der Waals surface area contributed by atoms with Crippen molar-refractivity contribution in [3.05, 3.63) is 11.6 Å². The molecule has 0 radical (unpaired) electrons. The van der Waals surface area contributed by atoms with Gasteiger partial charge in [0.25, 0.3) is 0 Å². The minimum atomic E-state index is -0.0243. The lowest BCUT2D eigenvalue weighted by molar-refractivity contribution is 0.0243. The first-order valence-electron chi connectivity index (χ1n) is 7.98. The van der Waals surface area contributed by atoms with E-state index in [-0.39, 0.29) is 5.60 Å². The van der Waals surface area contributed by atoms with Gasteiger partial charge >= 0.3 is 0 Å². The Hall–Kier alpha value is -1.03. The Morgan fingerprint density at radius 3 is 2.90 bits per heavy atom. The van der Waals surface area contributed by atoms with Gasteiger partial charge in [0, 0.05) is 26.7 Å². The Morgan fingerprint density at radius 1 is 1.35 bits per heavy atom. The highest BCUT2D eigenvalue weighted by Crippen LogP contribution is 2.23. The molecule has 0 aromatic carbocycles. The summed E-state index contributed by atoms with van der Waals surface area (Å²) < 4.78 is 5.78. The highest BCUT2D eigenvalue weighted by Gasteiger charge is 2.29. The summed E-state index contributed by atoms with van der Waals surface area (Å²) in [5.74, 6) is 0.887. The van der Waals surface area contributed by atoms with Crippen LogP contribution in [0.5, 0.6) is 0 Å². The summed E-state index contributed by atoms with van der Waals surface area (Å²) in [5, 5.41) is 6.78. The van der Waals surface area contributed by atoms with E-state index in [0.717, 1.165) is 38.5 Å². The van der Waals surface area contributed by atoms with E-state index >= 15 is 0 Å². The van der Waals surface area contributed by atoms with Crippen molar-refractivity contribution in [2.45, 2.75) is 57.5 Å². The van der Waals surface area contributed by atoms with Crippen LogP contribution in [0.15, 0.2) is 16.6 Å². The fourth-order valence-electron chi connectivity index (χ4n) is 2.94. The van der Waals surface area contributed by atoms with Gasteiger partial charge in [0.1, 0.15) is 0 Å². The number of guanidine groups is 1. The number of nitrogens with one attached hydrogen (secondary N) is 2. The van der Waals surface area contributed by atoms with E-state index in [1.807, 2.05) is 7.05 Å². The summed E-state index contributed by atoms with van der Waals surface area (Å²) in [4.78, 5) is 4.28. The largest absolute Gasteiger partial charge is 0.373 e. The van der Waals surface area contributed by atoms with Crippen LogP contribution < -0.4 is 10.6 Å². The quantitative estimate of drug-likeness (QED) is 0.462. The minimum absolute atomic E-state index is 0.0243. The fourth-order valence-corrected chi connectivity index (χ4v) is 2.94. The molecule has 4 heteroatoms. The lowest BCUT2D eigenvalue weighted by Gasteiger charge is -2.24. The molecule has 0 bridgehead atoms. The topological polar surface area (TPSA) is 45.7 Å². The molecule has 0 aromatic rings. The van der Waals surface area contributed by atoms with E-state index in [4.69, 9.17) is 4.74 Å². The van der Waals surface area contributed by atoms with Crippen LogP contribution in [0, 0.1) is 0 Å². The number of nitrogens with zero attached hydrogens (tertiary/aromatic N) is 1. The summed E-state index contributed by atoms with van der Waals surface area (Å²) in [7, 11) is 1.83. The molecule has 2 rings (SSSR count). The SMILES string of the molecule is CN=C(NCCC1=CCCCC1)NCC1(C)CCCO1. The van der Waals surface area contributed by atoms with Crippen molar-refractivity contribution < 1.29 is 4.74 Å². The smallest absolute Gasteiger partial charge is 0.191 e. The number of aliphatic imine (C=N–C) groups is 1. The first-order valence-corrected chi connectivity index (χ1v) is 7.98. The average molecular weight is 279 g/mol. The van der Waals surface area contributed by atoms with Crippen molar-refractivity contribution in [1.82, 2.24) is 10.6 Å². The Balaban J connectivity index is 1.66. The van der Waals surface area contributed by atoms with Gasteiger partial charge < -0.3 is 15.4 Å². The van der Waals surface area contributed by atoms with Crippen molar-refractivity contribution in [2.24, 2.45) is 4.99 Å². The highest BCUT2D eigenvalue weighted by molar-refractivity contribution is 5.79. The monoisotopic (exact) mass is 279 g/mol. The van der Waals surface area contributed by atoms with Crippen molar-refractivity contribution >= 4 is 5.96 Å². The summed E-state index contributed by atoms with van der Waals surface area (Å²) in [6.07, 6.45) is 11.1. The number of hydrogen-bond donors (Lipinski definition) is 2. The predicted molar refractivity (Wildman–Crippen MR) is 84.1 cm³/mol. The van der Waals surface area contributed by atoms with Gasteiger partial charge in [-0.15, -0.1) is 0 Å². The number of rotatable bonds is 5. The standard InChI is InChI=1S/C16H29N3O/c1-16(10-6-12-20-16)13-19-15(17-2)18-11-9-14-7-4-3-5-8-14/h7H,3-6,8-13H2,1-2H3,(H2,17,18,19). The Labute approximate surface area is 123 Å². The zero-order valence-corrected chi connectivity index (χ0v) is 13.0. The average Bonchev–Trinajstić information content (AvgIpc) is 2.91. The van der Waals surface area contributed by atoms with Crippen LogP contribution >= 0.6 is 0 Å². The summed E-state index contributed by atoms with van der Waals surface area (Å²) in [6, 6.07) is 0.